The van der Waals surface area contributed by atoms with E-state index in [-0.39, 0.29) is 17.6 Å². The second-order valence-corrected chi connectivity index (χ2v) is 12.2. The molecule has 0 aromatic heterocycles. The lowest BCUT2D eigenvalue weighted by Crippen LogP contribution is -2.67. The molecule has 3 nitrogen and oxygen atoms in total. The number of benzene rings is 2. The molecule has 0 aliphatic rings. The number of hydrogen-bond acceptors (Lipinski definition) is 3. The van der Waals surface area contributed by atoms with E-state index in [1.807, 2.05) is 48.6 Å². The van der Waals surface area contributed by atoms with Gasteiger partial charge in [0, 0.05) is 0 Å². The van der Waals surface area contributed by atoms with Crippen molar-refractivity contribution in [3.8, 4) is 0 Å². The molecule has 0 heterocycles. The number of carbonyl (C=O) groups excluding carboxylic acids is 1. The number of rotatable bonds is 9. The van der Waals surface area contributed by atoms with Crippen LogP contribution in [-0.2, 0) is 14.0 Å². The van der Waals surface area contributed by atoms with E-state index in [9.17, 15) is 4.79 Å². The highest BCUT2D eigenvalue weighted by Crippen LogP contribution is 2.36. The zero-order valence-electron chi connectivity index (χ0n) is 17.5. The highest BCUT2D eigenvalue weighted by Gasteiger charge is 2.50. The number of carbonyl (C=O) groups is 1. The Hall–Kier alpha value is -2.17. The summed E-state index contributed by atoms with van der Waals surface area (Å²) in [4.78, 5) is 12.4. The van der Waals surface area contributed by atoms with E-state index in [0.717, 1.165) is 23.2 Å². The van der Waals surface area contributed by atoms with Crippen molar-refractivity contribution in [3.05, 3.63) is 72.8 Å². The number of hydrogen-bond donors (Lipinski definition) is 0. The number of esters is 1. The molecule has 0 saturated heterocycles. The maximum atomic E-state index is 12.4. The molecule has 0 saturated carbocycles. The van der Waals surface area contributed by atoms with Crippen LogP contribution in [0.5, 0.6) is 0 Å². The third-order valence-electron chi connectivity index (χ3n) is 4.79. The summed E-state index contributed by atoms with van der Waals surface area (Å²) in [5.41, 5.74) is 0. The van der Waals surface area contributed by atoms with Gasteiger partial charge in [0.1, 0.15) is 13.2 Å². The fourth-order valence-corrected chi connectivity index (χ4v) is 7.95. The molecule has 0 amide bonds. The van der Waals surface area contributed by atoms with Crippen molar-refractivity contribution in [2.45, 2.75) is 45.6 Å². The maximum Gasteiger partial charge on any atom is 0.331 e. The van der Waals surface area contributed by atoms with Crippen LogP contribution in [-0.4, -0.2) is 27.5 Å². The van der Waals surface area contributed by atoms with Crippen molar-refractivity contribution in [1.29, 1.82) is 0 Å². The molecular formula is C24H32O3Si. The van der Waals surface area contributed by atoms with Gasteiger partial charge in [-0.3, -0.25) is 0 Å². The Morgan fingerprint density at radius 2 is 1.46 bits per heavy atom. The average Bonchev–Trinajstić information content (AvgIpc) is 2.69. The zero-order chi connectivity index (χ0) is 20.5. The molecule has 2 aromatic rings. The molecule has 0 radical (unpaired) electrons. The van der Waals surface area contributed by atoms with Gasteiger partial charge in [-0.25, -0.2) is 4.79 Å². The molecular weight excluding hydrogens is 364 g/mol. The lowest BCUT2D eigenvalue weighted by Gasteiger charge is -2.42. The first kappa shape index (κ1) is 22.1. The summed E-state index contributed by atoms with van der Waals surface area (Å²) in [6.07, 6.45) is 6.01. The predicted molar refractivity (Wildman–Crippen MR) is 119 cm³/mol. The summed E-state index contributed by atoms with van der Waals surface area (Å²) in [7, 11) is -2.69. The molecule has 28 heavy (non-hydrogen) atoms. The van der Waals surface area contributed by atoms with Gasteiger partial charge in [0.2, 0.25) is 0 Å². The second-order valence-electron chi connectivity index (χ2n) is 7.90. The minimum absolute atomic E-state index is 0.0467. The van der Waals surface area contributed by atoms with Gasteiger partial charge >= 0.3 is 5.97 Å². The van der Waals surface area contributed by atoms with Gasteiger partial charge in [-0.05, 0) is 21.8 Å². The van der Waals surface area contributed by atoms with Crippen LogP contribution in [0.2, 0.25) is 5.04 Å². The number of ether oxygens (including phenoxy) is 1. The molecule has 0 bridgehead atoms. The van der Waals surface area contributed by atoms with Crippen molar-refractivity contribution >= 4 is 24.7 Å². The summed E-state index contributed by atoms with van der Waals surface area (Å²) in [5.74, 6) is -0.325. The van der Waals surface area contributed by atoms with Crippen LogP contribution in [0.1, 0.15) is 40.5 Å². The van der Waals surface area contributed by atoms with Crippen LogP contribution in [0.25, 0.3) is 0 Å². The summed E-state index contributed by atoms with van der Waals surface area (Å²) < 4.78 is 11.9. The number of unbranched alkanes of at least 4 members (excludes halogenated alkanes) is 1. The molecule has 0 N–H and O–H groups in total. The molecule has 4 heteroatoms. The standard InChI is InChI=1S/C24H32O3Si/c1-5-6-7-14-19-26-23(25)20-27-28(24(2,3)4,21-15-10-8-11-16-21)22-17-12-9-13-18-22/h7-18H,5-6,19-20H2,1-4H3/b14-7-. The van der Waals surface area contributed by atoms with Gasteiger partial charge in [0.05, 0.1) is 0 Å². The van der Waals surface area contributed by atoms with Gasteiger partial charge in [-0.15, -0.1) is 0 Å². The van der Waals surface area contributed by atoms with Crippen molar-refractivity contribution in [2.24, 2.45) is 0 Å². The van der Waals surface area contributed by atoms with Crippen LogP contribution < -0.4 is 10.4 Å². The van der Waals surface area contributed by atoms with Crippen molar-refractivity contribution < 1.29 is 14.0 Å². The van der Waals surface area contributed by atoms with E-state index in [2.05, 4.69) is 52.0 Å². The van der Waals surface area contributed by atoms with Crippen LogP contribution in [0.3, 0.4) is 0 Å². The summed E-state index contributed by atoms with van der Waals surface area (Å²) in [6, 6.07) is 20.6. The Bertz CT molecular complexity index is 709. The Kier molecular flexibility index (Phi) is 8.21. The first-order valence-corrected chi connectivity index (χ1v) is 11.9. The zero-order valence-corrected chi connectivity index (χ0v) is 18.5. The fourth-order valence-electron chi connectivity index (χ4n) is 3.46. The van der Waals surface area contributed by atoms with E-state index < -0.39 is 8.32 Å². The van der Waals surface area contributed by atoms with Crippen LogP contribution in [0.15, 0.2) is 72.8 Å². The monoisotopic (exact) mass is 396 g/mol. The van der Waals surface area contributed by atoms with Gasteiger partial charge in [0.15, 0.2) is 0 Å². The summed E-state index contributed by atoms with van der Waals surface area (Å²) >= 11 is 0. The van der Waals surface area contributed by atoms with E-state index in [1.54, 1.807) is 0 Å². The molecule has 2 aromatic carbocycles. The first-order chi connectivity index (χ1) is 13.4. The number of allylic oxidation sites excluding steroid dienone is 1. The molecule has 0 aliphatic heterocycles. The minimum Gasteiger partial charge on any atom is -0.460 e. The molecule has 2 rings (SSSR count). The minimum atomic E-state index is -2.69. The fraction of sp³-hybridized carbons (Fsp3) is 0.375. The van der Waals surface area contributed by atoms with Gasteiger partial charge in [0.25, 0.3) is 8.32 Å². The quantitative estimate of drug-likeness (QED) is 0.357. The first-order valence-electron chi connectivity index (χ1n) is 9.97. The van der Waals surface area contributed by atoms with E-state index >= 15 is 0 Å². The highest BCUT2D eigenvalue weighted by atomic mass is 28.4. The summed E-state index contributed by atoms with van der Waals surface area (Å²) in [6.45, 7) is 8.94. The van der Waals surface area contributed by atoms with Gasteiger partial charge in [-0.1, -0.05) is 107 Å². The van der Waals surface area contributed by atoms with Crippen LogP contribution in [0.4, 0.5) is 0 Å². The maximum absolute atomic E-state index is 12.4. The molecule has 0 unspecified atom stereocenters. The second kappa shape index (κ2) is 10.4. The lowest BCUT2D eigenvalue weighted by molar-refractivity contribution is -0.145. The van der Waals surface area contributed by atoms with Gasteiger partial charge < -0.3 is 9.16 Å². The van der Waals surface area contributed by atoms with E-state index in [0.29, 0.717) is 6.61 Å². The van der Waals surface area contributed by atoms with Crippen LogP contribution in [0, 0.1) is 0 Å². The van der Waals surface area contributed by atoms with E-state index in [1.165, 1.54) is 0 Å². The molecule has 0 aliphatic carbocycles. The molecule has 150 valence electrons. The molecule has 0 fully saturated rings. The third-order valence-corrected chi connectivity index (χ3v) is 9.77. The van der Waals surface area contributed by atoms with Gasteiger partial charge in [-0.2, -0.15) is 0 Å². The topological polar surface area (TPSA) is 35.5 Å². The smallest absolute Gasteiger partial charge is 0.331 e. The average molecular weight is 397 g/mol. The normalized spacial score (nSPS) is 12.3. The van der Waals surface area contributed by atoms with Crippen molar-refractivity contribution in [1.82, 2.24) is 0 Å². The summed E-state index contributed by atoms with van der Waals surface area (Å²) in [5, 5.41) is 2.16. The Balaban J connectivity index is 2.28. The van der Waals surface area contributed by atoms with Crippen LogP contribution >= 0.6 is 0 Å². The Morgan fingerprint density at radius 1 is 0.929 bits per heavy atom. The van der Waals surface area contributed by atoms with E-state index in [4.69, 9.17) is 9.16 Å². The lowest BCUT2D eigenvalue weighted by atomic mass is 10.2. The van der Waals surface area contributed by atoms with Crippen molar-refractivity contribution in [2.75, 3.05) is 13.2 Å². The SMILES string of the molecule is CCC/C=C\COC(=O)CO[Si](c1ccccc1)(c1ccccc1)C(C)(C)C. The Morgan fingerprint density at radius 3 is 1.93 bits per heavy atom. The highest BCUT2D eigenvalue weighted by molar-refractivity contribution is 6.99. The Labute approximate surface area is 170 Å². The largest absolute Gasteiger partial charge is 0.460 e. The van der Waals surface area contributed by atoms with Crippen molar-refractivity contribution in [3.63, 3.8) is 0 Å². The molecule has 0 spiro atoms. The predicted octanol–water partition coefficient (Wildman–Crippen LogP) is 4.46. The third kappa shape index (κ3) is 5.43. The molecule has 0 atom stereocenters.